The highest BCUT2D eigenvalue weighted by atomic mass is 16.4. The van der Waals surface area contributed by atoms with Crippen LogP contribution in [0.3, 0.4) is 0 Å². The molecule has 0 bridgehead atoms. The molecule has 1 heterocycles. The summed E-state index contributed by atoms with van der Waals surface area (Å²) in [4.78, 5) is 25.6. The Balaban J connectivity index is 2.53. The fourth-order valence-corrected chi connectivity index (χ4v) is 1.84. The minimum absolute atomic E-state index is 0.0849. The molecule has 1 saturated heterocycles. The van der Waals surface area contributed by atoms with Gasteiger partial charge in [-0.15, -0.1) is 0 Å². The Morgan fingerprint density at radius 1 is 1.50 bits per heavy atom. The van der Waals surface area contributed by atoms with Crippen LogP contribution in [-0.2, 0) is 4.79 Å². The molecule has 16 heavy (non-hydrogen) atoms. The normalized spacial score (nSPS) is 20.6. The van der Waals surface area contributed by atoms with E-state index >= 15 is 0 Å². The van der Waals surface area contributed by atoms with E-state index < -0.39 is 11.9 Å². The summed E-state index contributed by atoms with van der Waals surface area (Å²) in [6, 6.07) is -0.208. The van der Waals surface area contributed by atoms with E-state index in [1.165, 1.54) is 9.80 Å². The molecule has 0 aromatic heterocycles. The highest BCUT2D eigenvalue weighted by molar-refractivity contribution is 5.76. The van der Waals surface area contributed by atoms with E-state index in [-0.39, 0.29) is 25.7 Å². The third-order valence-electron chi connectivity index (χ3n) is 2.80. The summed E-state index contributed by atoms with van der Waals surface area (Å²) in [7, 11) is 1.60. The van der Waals surface area contributed by atoms with Crippen LogP contribution in [0.2, 0.25) is 0 Å². The van der Waals surface area contributed by atoms with Crippen molar-refractivity contribution in [2.75, 3.05) is 33.3 Å². The highest BCUT2D eigenvalue weighted by Gasteiger charge is 2.29. The standard InChI is InChI=1S/C10H18N2O4/c1-11(5-6-13)10(16)12-4-2-3-8(7-12)9(14)15/h8,13H,2-7H2,1H3,(H,14,15)/t8-/m0/s1. The van der Waals surface area contributed by atoms with Crippen molar-refractivity contribution in [1.82, 2.24) is 9.80 Å². The van der Waals surface area contributed by atoms with E-state index in [1.54, 1.807) is 7.05 Å². The molecule has 6 heteroatoms. The number of amides is 2. The molecule has 1 fully saturated rings. The Morgan fingerprint density at radius 2 is 2.19 bits per heavy atom. The van der Waals surface area contributed by atoms with Gasteiger partial charge in [0.1, 0.15) is 0 Å². The number of aliphatic hydroxyl groups excluding tert-OH is 1. The zero-order valence-electron chi connectivity index (χ0n) is 9.43. The Morgan fingerprint density at radius 3 is 2.75 bits per heavy atom. The summed E-state index contributed by atoms with van der Waals surface area (Å²) in [6.45, 7) is 1.05. The molecule has 0 aromatic rings. The molecule has 0 aliphatic carbocycles. The molecule has 1 aliphatic heterocycles. The summed E-state index contributed by atoms with van der Waals surface area (Å²) in [6.07, 6.45) is 1.35. The molecule has 1 aliphatic rings. The summed E-state index contributed by atoms with van der Waals surface area (Å²) in [5.41, 5.74) is 0. The van der Waals surface area contributed by atoms with Gasteiger partial charge in [-0.3, -0.25) is 4.79 Å². The number of hydrogen-bond donors (Lipinski definition) is 2. The maximum Gasteiger partial charge on any atom is 0.319 e. The zero-order valence-corrected chi connectivity index (χ0v) is 9.43. The molecule has 0 spiro atoms. The van der Waals surface area contributed by atoms with Crippen LogP contribution in [0.1, 0.15) is 12.8 Å². The minimum atomic E-state index is -0.845. The van der Waals surface area contributed by atoms with Crippen LogP contribution < -0.4 is 0 Å². The summed E-state index contributed by atoms with van der Waals surface area (Å²) in [5, 5.41) is 17.6. The summed E-state index contributed by atoms with van der Waals surface area (Å²) in [5.74, 6) is -1.30. The molecule has 0 saturated carbocycles. The van der Waals surface area contributed by atoms with Crippen LogP contribution in [0.15, 0.2) is 0 Å². The number of carbonyl (C=O) groups is 2. The fraction of sp³-hybridized carbons (Fsp3) is 0.800. The van der Waals surface area contributed by atoms with Gasteiger partial charge in [-0.1, -0.05) is 0 Å². The van der Waals surface area contributed by atoms with Gasteiger partial charge in [0.05, 0.1) is 12.5 Å². The first kappa shape index (κ1) is 12.8. The van der Waals surface area contributed by atoms with Crippen LogP contribution in [-0.4, -0.2) is 65.3 Å². The number of carboxylic acid groups (broad SMARTS) is 1. The van der Waals surface area contributed by atoms with Crippen molar-refractivity contribution < 1.29 is 19.8 Å². The van der Waals surface area contributed by atoms with Crippen molar-refractivity contribution in [3.63, 3.8) is 0 Å². The molecular weight excluding hydrogens is 212 g/mol. The van der Waals surface area contributed by atoms with Gasteiger partial charge >= 0.3 is 12.0 Å². The van der Waals surface area contributed by atoms with Gasteiger partial charge in [0.2, 0.25) is 0 Å². The average Bonchev–Trinajstić information content (AvgIpc) is 2.28. The Kier molecular flexibility index (Phi) is 4.54. The molecular formula is C10H18N2O4. The lowest BCUT2D eigenvalue weighted by Gasteiger charge is -2.33. The predicted molar refractivity (Wildman–Crippen MR) is 57.0 cm³/mol. The van der Waals surface area contributed by atoms with Crippen molar-refractivity contribution >= 4 is 12.0 Å². The van der Waals surface area contributed by atoms with Crippen LogP contribution in [0.25, 0.3) is 0 Å². The number of carbonyl (C=O) groups excluding carboxylic acids is 1. The second-order valence-corrected chi connectivity index (χ2v) is 4.05. The molecule has 0 radical (unpaired) electrons. The SMILES string of the molecule is CN(CCO)C(=O)N1CCC[C@H](C(=O)O)C1. The number of rotatable bonds is 3. The van der Waals surface area contributed by atoms with Crippen LogP contribution in [0.5, 0.6) is 0 Å². The first-order valence-corrected chi connectivity index (χ1v) is 5.40. The lowest BCUT2D eigenvalue weighted by molar-refractivity contribution is -0.143. The Hall–Kier alpha value is -1.30. The van der Waals surface area contributed by atoms with Gasteiger partial charge < -0.3 is 20.0 Å². The molecule has 6 nitrogen and oxygen atoms in total. The number of likely N-dealkylation sites (tertiary alicyclic amines) is 1. The minimum Gasteiger partial charge on any atom is -0.481 e. The van der Waals surface area contributed by atoms with Gasteiger partial charge in [0.15, 0.2) is 0 Å². The van der Waals surface area contributed by atoms with E-state index in [2.05, 4.69) is 0 Å². The Bertz CT molecular complexity index is 270. The van der Waals surface area contributed by atoms with E-state index in [4.69, 9.17) is 10.2 Å². The van der Waals surface area contributed by atoms with Crippen molar-refractivity contribution in [3.05, 3.63) is 0 Å². The molecule has 1 rings (SSSR count). The van der Waals surface area contributed by atoms with Crippen molar-refractivity contribution in [2.24, 2.45) is 5.92 Å². The zero-order chi connectivity index (χ0) is 12.1. The van der Waals surface area contributed by atoms with E-state index in [9.17, 15) is 9.59 Å². The third-order valence-corrected chi connectivity index (χ3v) is 2.80. The number of likely N-dealkylation sites (N-methyl/N-ethyl adjacent to an activating group) is 1. The maximum absolute atomic E-state index is 11.8. The molecule has 92 valence electrons. The fourth-order valence-electron chi connectivity index (χ4n) is 1.84. The second-order valence-electron chi connectivity index (χ2n) is 4.05. The van der Waals surface area contributed by atoms with Gasteiger partial charge in [-0.2, -0.15) is 0 Å². The van der Waals surface area contributed by atoms with Crippen molar-refractivity contribution in [3.8, 4) is 0 Å². The lowest BCUT2D eigenvalue weighted by Crippen LogP contribution is -2.48. The molecule has 0 unspecified atom stereocenters. The first-order valence-electron chi connectivity index (χ1n) is 5.40. The smallest absolute Gasteiger partial charge is 0.319 e. The van der Waals surface area contributed by atoms with E-state index in [1.807, 2.05) is 0 Å². The van der Waals surface area contributed by atoms with Gasteiger partial charge in [0.25, 0.3) is 0 Å². The number of aliphatic hydroxyl groups is 1. The quantitative estimate of drug-likeness (QED) is 0.705. The van der Waals surface area contributed by atoms with Crippen LogP contribution in [0, 0.1) is 5.92 Å². The summed E-state index contributed by atoms with van der Waals surface area (Å²) < 4.78 is 0. The molecule has 2 amide bonds. The van der Waals surface area contributed by atoms with E-state index in [0.717, 1.165) is 6.42 Å². The Labute approximate surface area is 94.4 Å². The van der Waals surface area contributed by atoms with Crippen LogP contribution >= 0.6 is 0 Å². The predicted octanol–water partition coefficient (Wildman–Crippen LogP) is -0.173. The highest BCUT2D eigenvalue weighted by Crippen LogP contribution is 2.17. The van der Waals surface area contributed by atoms with Gasteiger partial charge in [-0.25, -0.2) is 4.79 Å². The number of carboxylic acids is 1. The summed E-state index contributed by atoms with van der Waals surface area (Å²) >= 11 is 0. The van der Waals surface area contributed by atoms with Crippen molar-refractivity contribution in [1.29, 1.82) is 0 Å². The topological polar surface area (TPSA) is 81.1 Å². The largest absolute Gasteiger partial charge is 0.481 e. The third kappa shape index (κ3) is 3.10. The lowest BCUT2D eigenvalue weighted by atomic mass is 9.99. The van der Waals surface area contributed by atoms with Crippen molar-refractivity contribution in [2.45, 2.75) is 12.8 Å². The maximum atomic E-state index is 11.8. The van der Waals surface area contributed by atoms with Crippen LogP contribution in [0.4, 0.5) is 4.79 Å². The number of nitrogens with zero attached hydrogens (tertiary/aromatic N) is 2. The number of hydrogen-bond acceptors (Lipinski definition) is 3. The molecule has 1 atom stereocenters. The second kappa shape index (κ2) is 5.69. The monoisotopic (exact) mass is 230 g/mol. The first-order chi connectivity index (χ1) is 7.56. The van der Waals surface area contributed by atoms with E-state index in [0.29, 0.717) is 13.0 Å². The number of aliphatic carboxylic acids is 1. The average molecular weight is 230 g/mol. The van der Waals surface area contributed by atoms with Gasteiger partial charge in [-0.05, 0) is 12.8 Å². The number of urea groups is 1. The molecule has 0 aromatic carbocycles. The molecule has 2 N–H and O–H groups in total. The number of piperidine rings is 1. The van der Waals surface area contributed by atoms with Gasteiger partial charge in [0, 0.05) is 26.7 Å².